The number of amides is 1. The summed E-state index contributed by atoms with van der Waals surface area (Å²) in [5.74, 6) is 7.40. The number of aromatic nitrogens is 4. The smallest absolute Gasteiger partial charge is 0.253 e. The van der Waals surface area contributed by atoms with Gasteiger partial charge in [0, 0.05) is 29.4 Å². The van der Waals surface area contributed by atoms with Gasteiger partial charge in [-0.25, -0.2) is 9.97 Å². The number of fused-ring (bicyclic) bond motifs is 1. The topological polar surface area (TPSA) is 72.7 Å². The molecule has 6 heteroatoms. The van der Waals surface area contributed by atoms with Crippen molar-refractivity contribution in [1.82, 2.24) is 25.1 Å². The van der Waals surface area contributed by atoms with Gasteiger partial charge >= 0.3 is 0 Å². The number of rotatable bonds is 5. The van der Waals surface area contributed by atoms with Gasteiger partial charge in [0.1, 0.15) is 6.04 Å². The van der Waals surface area contributed by atoms with Crippen molar-refractivity contribution in [2.24, 2.45) is 0 Å². The van der Waals surface area contributed by atoms with Gasteiger partial charge in [-0.1, -0.05) is 25.2 Å². The summed E-state index contributed by atoms with van der Waals surface area (Å²) in [5.41, 5.74) is 3.51. The van der Waals surface area contributed by atoms with Crippen molar-refractivity contribution in [3.05, 3.63) is 53.2 Å². The van der Waals surface area contributed by atoms with Gasteiger partial charge in [0.25, 0.3) is 5.91 Å². The lowest BCUT2D eigenvalue weighted by Gasteiger charge is -2.23. The molecule has 2 saturated carbocycles. The largest absolute Gasteiger partial charge is 0.349 e. The molecule has 0 radical (unpaired) electrons. The van der Waals surface area contributed by atoms with Gasteiger partial charge in [-0.15, -0.1) is 5.92 Å². The summed E-state index contributed by atoms with van der Waals surface area (Å²) in [6.07, 6.45) is 13.8. The molecule has 2 aliphatic carbocycles. The highest BCUT2D eigenvalue weighted by atomic mass is 16.1. The van der Waals surface area contributed by atoms with Gasteiger partial charge in [-0.3, -0.25) is 9.48 Å². The molecule has 0 saturated heterocycles. The Balaban J connectivity index is 1.53. The minimum absolute atomic E-state index is 0.0446. The fraction of sp³-hybridized carbons (Fsp3) is 0.462. The van der Waals surface area contributed by atoms with Crippen LogP contribution in [0.2, 0.25) is 0 Å². The SMILES string of the molecule is CC#Cc1ccc(C(=O)NC2CCCCC2)c2c1cnn2[C@H](C)c1ncc(C2CC2)cn1. The van der Waals surface area contributed by atoms with Crippen LogP contribution in [0.25, 0.3) is 10.9 Å². The van der Waals surface area contributed by atoms with Crippen LogP contribution in [0.1, 0.15) is 98.1 Å². The van der Waals surface area contributed by atoms with E-state index in [1.165, 1.54) is 37.7 Å². The summed E-state index contributed by atoms with van der Waals surface area (Å²) in [5, 5.41) is 8.80. The summed E-state index contributed by atoms with van der Waals surface area (Å²) in [6, 6.07) is 3.84. The van der Waals surface area contributed by atoms with Crippen LogP contribution in [0.3, 0.4) is 0 Å². The van der Waals surface area contributed by atoms with Gasteiger partial charge in [0.2, 0.25) is 0 Å². The third-order valence-corrected chi connectivity index (χ3v) is 6.68. The molecule has 0 bridgehead atoms. The Labute approximate surface area is 188 Å². The van der Waals surface area contributed by atoms with Crippen LogP contribution in [-0.2, 0) is 0 Å². The molecule has 1 N–H and O–H groups in total. The number of benzene rings is 1. The monoisotopic (exact) mass is 427 g/mol. The first-order chi connectivity index (χ1) is 15.7. The van der Waals surface area contributed by atoms with Gasteiger partial charge in [-0.05, 0) is 63.1 Å². The highest BCUT2D eigenvalue weighted by Crippen LogP contribution is 2.39. The fourth-order valence-corrected chi connectivity index (χ4v) is 4.69. The number of nitrogens with zero attached hydrogens (tertiary/aromatic N) is 4. The molecule has 0 unspecified atom stereocenters. The Morgan fingerprint density at radius 1 is 1.09 bits per heavy atom. The number of carbonyl (C=O) groups excluding carboxylic acids is 1. The van der Waals surface area contributed by atoms with E-state index in [-0.39, 0.29) is 18.0 Å². The number of hydrogen-bond donors (Lipinski definition) is 1. The standard InChI is InChI=1S/C26H29N5O/c1-3-7-19-12-13-22(26(32)30-21-8-5-4-6-9-21)24-23(19)16-29-31(24)17(2)25-27-14-20(15-28-25)18-10-11-18/h12-18,21H,4-6,8-11H2,1-2H3,(H,30,32)/t17-/m1/s1. The van der Waals surface area contributed by atoms with Crippen molar-refractivity contribution in [1.29, 1.82) is 0 Å². The quantitative estimate of drug-likeness (QED) is 0.597. The predicted molar refractivity (Wildman–Crippen MR) is 124 cm³/mol. The molecule has 2 heterocycles. The van der Waals surface area contributed by atoms with Crippen LogP contribution in [0.4, 0.5) is 0 Å². The van der Waals surface area contributed by atoms with E-state index < -0.39 is 0 Å². The van der Waals surface area contributed by atoms with Gasteiger partial charge in [-0.2, -0.15) is 5.10 Å². The van der Waals surface area contributed by atoms with E-state index in [9.17, 15) is 4.79 Å². The van der Waals surface area contributed by atoms with Crippen molar-refractivity contribution in [2.75, 3.05) is 0 Å². The maximum absolute atomic E-state index is 13.3. The summed E-state index contributed by atoms with van der Waals surface area (Å²) < 4.78 is 1.87. The van der Waals surface area contributed by atoms with Crippen molar-refractivity contribution >= 4 is 16.8 Å². The van der Waals surface area contributed by atoms with Crippen molar-refractivity contribution < 1.29 is 4.79 Å². The summed E-state index contributed by atoms with van der Waals surface area (Å²) in [7, 11) is 0. The molecule has 1 amide bonds. The molecule has 2 fully saturated rings. The van der Waals surface area contributed by atoms with Gasteiger partial charge in [0.05, 0.1) is 17.3 Å². The second-order valence-corrected chi connectivity index (χ2v) is 9.02. The van der Waals surface area contributed by atoms with Crippen molar-refractivity contribution in [2.45, 2.75) is 76.8 Å². The van der Waals surface area contributed by atoms with Crippen LogP contribution in [0.15, 0.2) is 30.7 Å². The van der Waals surface area contributed by atoms with Gasteiger partial charge < -0.3 is 5.32 Å². The van der Waals surface area contributed by atoms with Crippen molar-refractivity contribution in [3.63, 3.8) is 0 Å². The second-order valence-electron chi connectivity index (χ2n) is 9.02. The fourth-order valence-electron chi connectivity index (χ4n) is 4.69. The zero-order chi connectivity index (χ0) is 22.1. The number of hydrogen-bond acceptors (Lipinski definition) is 4. The lowest BCUT2D eigenvalue weighted by molar-refractivity contribution is 0.0929. The van der Waals surface area contributed by atoms with Crippen LogP contribution in [0, 0.1) is 11.8 Å². The second kappa shape index (κ2) is 8.74. The Hall–Kier alpha value is -3.20. The third-order valence-electron chi connectivity index (χ3n) is 6.68. The number of nitrogens with one attached hydrogen (secondary N) is 1. The first-order valence-electron chi connectivity index (χ1n) is 11.7. The highest BCUT2D eigenvalue weighted by molar-refractivity contribution is 6.07. The van der Waals surface area contributed by atoms with E-state index in [1.807, 2.05) is 49.3 Å². The Kier molecular flexibility index (Phi) is 5.65. The van der Waals surface area contributed by atoms with Crippen LogP contribution < -0.4 is 5.32 Å². The first kappa shape index (κ1) is 20.7. The summed E-state index contributed by atoms with van der Waals surface area (Å²) in [6.45, 7) is 3.84. The predicted octanol–water partition coefficient (Wildman–Crippen LogP) is 4.75. The average molecular weight is 428 g/mol. The molecule has 164 valence electrons. The molecule has 6 nitrogen and oxygen atoms in total. The molecule has 0 spiro atoms. The first-order valence-corrected chi connectivity index (χ1v) is 11.7. The molecular formula is C26H29N5O. The van der Waals surface area contributed by atoms with E-state index in [2.05, 4.69) is 32.2 Å². The van der Waals surface area contributed by atoms with Crippen LogP contribution >= 0.6 is 0 Å². The van der Waals surface area contributed by atoms with Crippen LogP contribution in [0.5, 0.6) is 0 Å². The maximum Gasteiger partial charge on any atom is 0.253 e. The molecule has 3 aromatic rings. The van der Waals surface area contributed by atoms with E-state index in [1.54, 1.807) is 0 Å². The molecule has 2 aromatic heterocycles. The average Bonchev–Trinajstić information content (AvgIpc) is 3.58. The maximum atomic E-state index is 13.3. The van der Waals surface area contributed by atoms with Crippen molar-refractivity contribution in [3.8, 4) is 11.8 Å². The molecule has 1 atom stereocenters. The molecular weight excluding hydrogens is 398 g/mol. The Morgan fingerprint density at radius 3 is 2.53 bits per heavy atom. The lowest BCUT2D eigenvalue weighted by atomic mass is 9.95. The molecule has 1 aromatic carbocycles. The normalized spacial score (nSPS) is 17.6. The zero-order valence-corrected chi connectivity index (χ0v) is 18.8. The van der Waals surface area contributed by atoms with E-state index in [0.717, 1.165) is 29.3 Å². The van der Waals surface area contributed by atoms with E-state index in [4.69, 9.17) is 0 Å². The lowest BCUT2D eigenvalue weighted by Crippen LogP contribution is -2.36. The Morgan fingerprint density at radius 2 is 1.84 bits per heavy atom. The summed E-state index contributed by atoms with van der Waals surface area (Å²) >= 11 is 0. The van der Waals surface area contributed by atoms with Gasteiger partial charge in [0.15, 0.2) is 5.82 Å². The molecule has 2 aliphatic rings. The molecule has 5 rings (SSSR count). The third kappa shape index (κ3) is 4.00. The van der Waals surface area contributed by atoms with E-state index in [0.29, 0.717) is 17.3 Å². The zero-order valence-electron chi connectivity index (χ0n) is 18.8. The Bertz CT molecular complexity index is 1190. The van der Waals surface area contributed by atoms with E-state index >= 15 is 0 Å². The highest BCUT2D eigenvalue weighted by Gasteiger charge is 2.26. The van der Waals surface area contributed by atoms with Crippen LogP contribution in [-0.4, -0.2) is 31.7 Å². The minimum atomic E-state index is -0.202. The molecule has 32 heavy (non-hydrogen) atoms. The summed E-state index contributed by atoms with van der Waals surface area (Å²) in [4.78, 5) is 22.6. The number of carbonyl (C=O) groups is 1. The minimum Gasteiger partial charge on any atom is -0.349 e. The molecule has 0 aliphatic heterocycles.